The molecule has 8 bridgehead atoms. The van der Waals surface area contributed by atoms with Crippen LogP contribution < -0.4 is 14.2 Å². The Morgan fingerprint density at radius 1 is 0.372 bits per heavy atom. The summed E-state index contributed by atoms with van der Waals surface area (Å²) in [6.07, 6.45) is -37.6. The van der Waals surface area contributed by atoms with Gasteiger partial charge in [-0.05, 0) is 113 Å². The minimum absolute atomic E-state index is 0.00143. The maximum Gasteiger partial charge on any atom is 0.416 e. The fourth-order valence-corrected chi connectivity index (χ4v) is 11.9. The van der Waals surface area contributed by atoms with Crippen molar-refractivity contribution in [3.05, 3.63) is 149 Å². The molecule has 0 radical (unpaired) electrons. The Hall–Kier alpha value is -7.96. The number of hydrogen-bond donors (Lipinski definition) is 16. The molecule has 0 aliphatic carbocycles. The van der Waals surface area contributed by atoms with Crippen molar-refractivity contribution in [3.63, 3.8) is 0 Å². The molecule has 8 heterocycles. The molecule has 5 aliphatic heterocycles. The summed E-state index contributed by atoms with van der Waals surface area (Å²) in [5, 5.41) is 151. The number of aliphatic hydroxyl groups is 14. The fraction of sp³-hybridized carbons (Fsp3) is 0.344. The highest BCUT2D eigenvalue weighted by molar-refractivity contribution is 5.98. The summed E-state index contributed by atoms with van der Waals surface area (Å²) >= 11 is 0. The average Bonchev–Trinajstić information content (AvgIpc) is 1.60. The van der Waals surface area contributed by atoms with E-state index in [1.54, 1.807) is 36.4 Å². The predicted octanol–water partition coefficient (Wildman–Crippen LogP) is 3.49. The molecule has 12 rings (SSSR count). The molecule has 5 aliphatic rings. The molecule has 3 aromatic heterocycles. The number of halogens is 6. The third kappa shape index (κ3) is 12.5. The first-order valence-corrected chi connectivity index (χ1v) is 29.1. The second kappa shape index (κ2) is 26.0. The summed E-state index contributed by atoms with van der Waals surface area (Å²) < 4.78 is 124. The lowest BCUT2D eigenvalue weighted by Gasteiger charge is -2.39. The minimum atomic E-state index is -5.39. The summed E-state index contributed by atoms with van der Waals surface area (Å²) in [6.45, 7) is -2.37. The third-order valence-electron chi connectivity index (χ3n) is 16.8. The van der Waals surface area contributed by atoms with Gasteiger partial charge in [0.2, 0.25) is 18.9 Å². The van der Waals surface area contributed by atoms with Gasteiger partial charge in [0.25, 0.3) is 0 Å². The van der Waals surface area contributed by atoms with Gasteiger partial charge in [0.05, 0.1) is 53.7 Å². The number of ether oxygens (including phenoxy) is 6. The number of aliphatic hydroxyl groups excluding tert-OH is 14. The summed E-state index contributed by atoms with van der Waals surface area (Å²) in [7, 11) is 0. The quantitative estimate of drug-likeness (QED) is 0.0735. The molecule has 24 nitrogen and oxygen atoms in total. The van der Waals surface area contributed by atoms with E-state index >= 15 is 0 Å². The molecule has 498 valence electrons. The van der Waals surface area contributed by atoms with Gasteiger partial charge in [-0.2, -0.15) is 26.3 Å². The van der Waals surface area contributed by atoms with Crippen LogP contribution in [-0.4, -0.2) is 203 Å². The molecule has 0 spiro atoms. The number of alkyl halides is 6. The monoisotopic (exact) mass is 1320 g/mol. The van der Waals surface area contributed by atoms with Crippen LogP contribution in [-0.2, 0) is 26.6 Å². The first-order chi connectivity index (χ1) is 44.7. The van der Waals surface area contributed by atoms with Crippen molar-refractivity contribution >= 4 is 34.2 Å². The normalized spacial score (nSPS) is 28.9. The van der Waals surface area contributed by atoms with E-state index in [1.807, 2.05) is 0 Å². The number of rotatable bonds is 13. The topological polar surface area (TPSA) is 396 Å². The van der Waals surface area contributed by atoms with Crippen molar-refractivity contribution in [1.29, 1.82) is 0 Å². The summed E-state index contributed by atoms with van der Waals surface area (Å²) in [5.41, 5.74) is -4.79. The molecule has 3 fully saturated rings. The molecular weight excluding hydrogens is 1260 g/mol. The number of hydrogen-bond acceptors (Lipinski definition) is 22. The molecule has 0 amide bonds. The van der Waals surface area contributed by atoms with E-state index in [1.165, 1.54) is 72.8 Å². The molecule has 94 heavy (non-hydrogen) atoms. The standard InChI is InChI=1S/C64H60F6N4O20/c65-63(66,67)29-16-28(17-30(21-29)64(68,69)70)46-39-15-13-37(73-39)44(26-5-2-8-32(19-26)90-61-58(87)55(84)50(79)41(23-76)93-61)35-11-10-34(71-35)43(25-4-1-7-31(18-25)89-60-57(86)54(83)49(78)40(22-75)92-60)36-12-14-38(72-36)45(47-52(81)53(82)48(46)74-47)27-6-3-9-33(20-27)91-62-59(88)56(85)51(80)42(24-77)94-62/h1-21,40-42,49-62,72-73,75-88H,22-24H2/t40?,41?,42?,49-,50-,51-,52+,53-,54-,55-,56-,57?,58?,59?,60+,61+,62+/m0/s1. The second-order valence-electron chi connectivity index (χ2n) is 22.9. The van der Waals surface area contributed by atoms with Crippen molar-refractivity contribution < 1.29 is 126 Å². The number of H-pyrrole nitrogens is 2. The smallest absolute Gasteiger partial charge is 0.416 e. The van der Waals surface area contributed by atoms with Crippen LogP contribution in [0.15, 0.2) is 115 Å². The van der Waals surface area contributed by atoms with Crippen LogP contribution in [0, 0.1) is 0 Å². The van der Waals surface area contributed by atoms with Crippen molar-refractivity contribution in [1.82, 2.24) is 19.9 Å². The lowest BCUT2D eigenvalue weighted by molar-refractivity contribution is -0.277. The molecule has 17 atom stereocenters. The molecule has 3 saturated heterocycles. The molecule has 30 heteroatoms. The van der Waals surface area contributed by atoms with Crippen LogP contribution in [0.4, 0.5) is 26.3 Å². The summed E-state index contributed by atoms with van der Waals surface area (Å²) in [4.78, 5) is 16.3. The zero-order chi connectivity index (χ0) is 67.0. The Morgan fingerprint density at radius 3 is 1.02 bits per heavy atom. The Bertz CT molecular complexity index is 4130. The van der Waals surface area contributed by atoms with Crippen molar-refractivity contribution in [2.75, 3.05) is 19.8 Å². The predicted molar refractivity (Wildman–Crippen MR) is 315 cm³/mol. The van der Waals surface area contributed by atoms with Crippen LogP contribution in [0.3, 0.4) is 0 Å². The number of nitrogens with one attached hydrogen (secondary N) is 2. The minimum Gasteiger partial charge on any atom is -0.462 e. The maximum absolute atomic E-state index is 14.9. The summed E-state index contributed by atoms with van der Waals surface area (Å²) in [6, 6.07) is 24.1. The molecule has 4 aromatic carbocycles. The van der Waals surface area contributed by atoms with Crippen molar-refractivity contribution in [2.45, 2.75) is 117 Å². The fourth-order valence-electron chi connectivity index (χ4n) is 11.9. The van der Waals surface area contributed by atoms with Crippen LogP contribution in [0.1, 0.15) is 46.1 Å². The van der Waals surface area contributed by atoms with E-state index in [0.29, 0.717) is 17.7 Å². The van der Waals surface area contributed by atoms with E-state index in [2.05, 4.69) is 9.97 Å². The largest absolute Gasteiger partial charge is 0.462 e. The van der Waals surface area contributed by atoms with Gasteiger partial charge in [0.15, 0.2) is 0 Å². The van der Waals surface area contributed by atoms with Crippen molar-refractivity contribution in [2.24, 2.45) is 0 Å². The van der Waals surface area contributed by atoms with E-state index in [0.717, 1.165) is 0 Å². The zero-order valence-electron chi connectivity index (χ0n) is 48.4. The maximum atomic E-state index is 14.9. The first kappa shape index (κ1) is 66.1. The SMILES string of the molecule is OCC1O[C@@H](Oc2cccc(-c3c4nc(c(-c5cccc(O[C@@H]6OC(CO)[C@H](O)[C@H](O)C6O)c5)c5ccc([nH]5)c(-c5cc(C(F)(F)F)cc(C(F)(F)F)c5)c5nc(c(-c6cccc(O[C@@H]7OC(CO)[C@H](O)[C@H](O)C7O)c6)c6ccc3[nH]6)[C@@H](O)[C@H]5O)C=C4)c2)C(O)[C@@H](O)[C@H]1O. The number of benzene rings is 4. The van der Waals surface area contributed by atoms with Crippen LogP contribution in [0.5, 0.6) is 17.2 Å². The number of fused-ring (bicyclic) bond motifs is 8. The van der Waals surface area contributed by atoms with Gasteiger partial charge >= 0.3 is 12.4 Å². The Balaban J connectivity index is 1.15. The second-order valence-corrected chi connectivity index (χ2v) is 22.9. The Kier molecular flexibility index (Phi) is 18.3. The van der Waals surface area contributed by atoms with Gasteiger partial charge in [-0.1, -0.05) is 36.4 Å². The van der Waals surface area contributed by atoms with Gasteiger partial charge in [0, 0.05) is 44.3 Å². The number of aromatic amines is 2. The highest BCUT2D eigenvalue weighted by Crippen LogP contribution is 2.48. The van der Waals surface area contributed by atoms with Crippen LogP contribution in [0.2, 0.25) is 0 Å². The highest BCUT2D eigenvalue weighted by atomic mass is 19.4. The lowest BCUT2D eigenvalue weighted by Crippen LogP contribution is -2.60. The molecule has 7 aromatic rings. The average molecular weight is 1320 g/mol. The third-order valence-corrected chi connectivity index (χ3v) is 16.8. The van der Waals surface area contributed by atoms with E-state index in [-0.39, 0.29) is 84.6 Å². The lowest BCUT2D eigenvalue weighted by atomic mass is 9.95. The highest BCUT2D eigenvalue weighted by Gasteiger charge is 2.48. The van der Waals surface area contributed by atoms with E-state index < -0.39 is 170 Å². The number of nitrogens with zero attached hydrogens (tertiary/aromatic N) is 2. The molecule has 0 saturated carbocycles. The van der Waals surface area contributed by atoms with Gasteiger partial charge in [-0.3, -0.25) is 4.98 Å². The Morgan fingerprint density at radius 2 is 0.691 bits per heavy atom. The number of aromatic nitrogens is 4. The molecular formula is C64H60F6N4O20. The van der Waals surface area contributed by atoms with Crippen LogP contribution >= 0.6 is 0 Å². The molecule has 16 N–H and O–H groups in total. The van der Waals surface area contributed by atoms with Gasteiger partial charge in [0.1, 0.15) is 103 Å². The summed E-state index contributed by atoms with van der Waals surface area (Å²) in [5.74, 6) is -0.186. The van der Waals surface area contributed by atoms with Gasteiger partial charge in [-0.15, -0.1) is 0 Å². The van der Waals surface area contributed by atoms with Crippen LogP contribution in [0.25, 0.3) is 78.7 Å². The Labute approximate surface area is 526 Å². The zero-order valence-corrected chi connectivity index (χ0v) is 48.4. The molecule has 6 unspecified atom stereocenters. The van der Waals surface area contributed by atoms with E-state index in [4.69, 9.17) is 38.4 Å². The first-order valence-electron chi connectivity index (χ1n) is 29.1. The van der Waals surface area contributed by atoms with Crippen molar-refractivity contribution in [3.8, 4) is 61.8 Å². The van der Waals surface area contributed by atoms with Gasteiger partial charge < -0.3 is 110 Å². The van der Waals surface area contributed by atoms with Gasteiger partial charge in [-0.25, -0.2) is 4.98 Å². The van der Waals surface area contributed by atoms with E-state index in [9.17, 15) is 97.8 Å².